The van der Waals surface area contributed by atoms with Gasteiger partial charge in [0.15, 0.2) is 11.5 Å². The van der Waals surface area contributed by atoms with Crippen molar-refractivity contribution in [1.82, 2.24) is 0 Å². The average Bonchev–Trinajstić information content (AvgIpc) is 3.04. The molecule has 1 aliphatic rings. The fraction of sp³-hybridized carbons (Fsp3) is 0.250. The maximum Gasteiger partial charge on any atom is 0.280 e. The highest BCUT2D eigenvalue weighted by molar-refractivity contribution is 14.1. The molecule has 1 amide bonds. The van der Waals surface area contributed by atoms with Crippen LogP contribution in [-0.2, 0) is 4.79 Å². The SMILES string of the molecule is C=CCOc1c(I)cc(/C=C2/C(=O)N(c3ccccc3)N=C2CCC)cc1OCC. The van der Waals surface area contributed by atoms with E-state index >= 15 is 0 Å². The standard InChI is InChI=1S/C24H25IN2O3/c1-4-10-21-19(24(28)27(26-21)18-11-8-7-9-12-18)14-17-15-20(25)23(30-13-5-2)22(16-17)29-6-3/h5,7-9,11-12,14-16H,2,4,6,10,13H2,1,3H3/b19-14+. The Balaban J connectivity index is 2.00. The van der Waals surface area contributed by atoms with Crippen molar-refractivity contribution in [1.29, 1.82) is 0 Å². The molecule has 0 N–H and O–H groups in total. The van der Waals surface area contributed by atoms with Crippen LogP contribution in [0.25, 0.3) is 6.08 Å². The van der Waals surface area contributed by atoms with E-state index in [2.05, 4.69) is 41.2 Å². The van der Waals surface area contributed by atoms with E-state index in [0.717, 1.165) is 33.4 Å². The minimum Gasteiger partial charge on any atom is -0.490 e. The van der Waals surface area contributed by atoms with Gasteiger partial charge < -0.3 is 9.47 Å². The third-order valence-electron chi connectivity index (χ3n) is 4.43. The van der Waals surface area contributed by atoms with Gasteiger partial charge in [-0.25, -0.2) is 0 Å². The van der Waals surface area contributed by atoms with Crippen LogP contribution in [0.4, 0.5) is 5.69 Å². The number of ether oxygens (including phenoxy) is 2. The first-order valence-corrected chi connectivity index (χ1v) is 11.1. The number of anilines is 1. The highest BCUT2D eigenvalue weighted by Gasteiger charge is 2.30. The van der Waals surface area contributed by atoms with Crippen LogP contribution in [0.3, 0.4) is 0 Å². The molecule has 0 saturated heterocycles. The van der Waals surface area contributed by atoms with Crippen molar-refractivity contribution in [2.75, 3.05) is 18.2 Å². The van der Waals surface area contributed by atoms with E-state index in [1.54, 1.807) is 6.08 Å². The van der Waals surface area contributed by atoms with Crippen LogP contribution in [-0.4, -0.2) is 24.8 Å². The third kappa shape index (κ3) is 4.92. The van der Waals surface area contributed by atoms with Gasteiger partial charge in [0.1, 0.15) is 6.61 Å². The molecular formula is C24H25IN2O3. The molecule has 156 valence electrons. The van der Waals surface area contributed by atoms with Gasteiger partial charge in [-0.1, -0.05) is 44.2 Å². The second-order valence-corrected chi connectivity index (χ2v) is 7.83. The first-order chi connectivity index (χ1) is 14.6. The molecule has 6 heteroatoms. The third-order valence-corrected chi connectivity index (χ3v) is 5.23. The van der Waals surface area contributed by atoms with Crippen LogP contribution in [0, 0.1) is 3.57 Å². The molecule has 2 aromatic rings. The number of hydrogen-bond donors (Lipinski definition) is 0. The van der Waals surface area contributed by atoms with Crippen LogP contribution < -0.4 is 14.5 Å². The molecule has 3 rings (SSSR count). The van der Waals surface area contributed by atoms with Crippen LogP contribution in [0.1, 0.15) is 32.3 Å². The molecule has 0 fully saturated rings. The van der Waals surface area contributed by atoms with Crippen LogP contribution in [0.2, 0.25) is 0 Å². The fourth-order valence-corrected chi connectivity index (χ4v) is 3.93. The number of halogens is 1. The molecule has 1 aliphatic heterocycles. The van der Waals surface area contributed by atoms with E-state index in [1.165, 1.54) is 5.01 Å². The number of rotatable bonds is 9. The largest absolute Gasteiger partial charge is 0.490 e. The van der Waals surface area contributed by atoms with E-state index in [9.17, 15) is 4.79 Å². The van der Waals surface area contributed by atoms with Crippen molar-refractivity contribution in [3.8, 4) is 11.5 Å². The second kappa shape index (κ2) is 10.4. The minimum atomic E-state index is -0.121. The number of benzene rings is 2. The molecule has 0 aromatic heterocycles. The van der Waals surface area contributed by atoms with Crippen LogP contribution >= 0.6 is 22.6 Å². The van der Waals surface area contributed by atoms with E-state index < -0.39 is 0 Å². The summed E-state index contributed by atoms with van der Waals surface area (Å²) >= 11 is 2.22. The van der Waals surface area contributed by atoms with E-state index in [0.29, 0.717) is 30.3 Å². The molecule has 0 spiro atoms. The number of nitrogens with zero attached hydrogens (tertiary/aromatic N) is 2. The molecule has 0 unspecified atom stereocenters. The Kier molecular flexibility index (Phi) is 7.68. The predicted octanol–water partition coefficient (Wildman–Crippen LogP) is 5.84. The zero-order valence-electron chi connectivity index (χ0n) is 17.2. The molecule has 1 heterocycles. The lowest BCUT2D eigenvalue weighted by molar-refractivity contribution is -0.114. The molecule has 0 atom stereocenters. The summed E-state index contributed by atoms with van der Waals surface area (Å²) in [5, 5.41) is 6.09. The summed E-state index contributed by atoms with van der Waals surface area (Å²) in [5.74, 6) is 1.22. The van der Waals surface area contributed by atoms with Gasteiger partial charge >= 0.3 is 0 Å². The molecule has 2 aromatic carbocycles. The molecular weight excluding hydrogens is 491 g/mol. The summed E-state index contributed by atoms with van der Waals surface area (Å²) in [7, 11) is 0. The Morgan fingerprint density at radius 1 is 1.17 bits per heavy atom. The van der Waals surface area contributed by atoms with Gasteiger partial charge in [0.2, 0.25) is 0 Å². The van der Waals surface area contributed by atoms with Crippen molar-refractivity contribution in [3.05, 3.63) is 69.8 Å². The molecule has 0 radical (unpaired) electrons. The van der Waals surface area contributed by atoms with Gasteiger partial charge in [0.25, 0.3) is 5.91 Å². The Bertz CT molecular complexity index is 983. The number of amides is 1. The normalized spacial score (nSPS) is 14.8. The fourth-order valence-electron chi connectivity index (χ4n) is 3.15. The maximum atomic E-state index is 13.2. The van der Waals surface area contributed by atoms with Crippen molar-refractivity contribution >= 4 is 46.0 Å². The average molecular weight is 516 g/mol. The van der Waals surface area contributed by atoms with E-state index in [1.807, 2.05) is 55.5 Å². The first-order valence-electron chi connectivity index (χ1n) is 9.98. The zero-order chi connectivity index (χ0) is 21.5. The van der Waals surface area contributed by atoms with Crippen LogP contribution in [0.15, 0.2) is 65.8 Å². The summed E-state index contributed by atoms with van der Waals surface area (Å²) in [5.41, 5.74) is 3.04. The maximum absolute atomic E-state index is 13.2. The van der Waals surface area contributed by atoms with E-state index in [4.69, 9.17) is 9.47 Å². The molecule has 0 saturated carbocycles. The molecule has 0 aliphatic carbocycles. The highest BCUT2D eigenvalue weighted by atomic mass is 127. The quantitative estimate of drug-likeness (QED) is 0.239. The van der Waals surface area contributed by atoms with Crippen molar-refractivity contribution in [2.24, 2.45) is 5.10 Å². The summed E-state index contributed by atoms with van der Waals surface area (Å²) in [6.45, 7) is 8.63. The number of hydrogen-bond acceptors (Lipinski definition) is 4. The van der Waals surface area contributed by atoms with Crippen LogP contribution in [0.5, 0.6) is 11.5 Å². The van der Waals surface area contributed by atoms with E-state index in [-0.39, 0.29) is 5.91 Å². The van der Waals surface area contributed by atoms with Crippen molar-refractivity contribution in [3.63, 3.8) is 0 Å². The first kappa shape index (κ1) is 22.1. The Hall–Kier alpha value is -2.61. The number of carbonyl (C=O) groups is 1. The smallest absolute Gasteiger partial charge is 0.280 e. The zero-order valence-corrected chi connectivity index (χ0v) is 19.4. The summed E-state index contributed by atoms with van der Waals surface area (Å²) in [6.07, 6.45) is 5.23. The van der Waals surface area contributed by atoms with Gasteiger partial charge in [-0.2, -0.15) is 10.1 Å². The summed E-state index contributed by atoms with van der Waals surface area (Å²) in [4.78, 5) is 13.2. The van der Waals surface area contributed by atoms with Gasteiger partial charge in [-0.05, 0) is 71.8 Å². The van der Waals surface area contributed by atoms with Crippen molar-refractivity contribution in [2.45, 2.75) is 26.7 Å². The number of carbonyl (C=O) groups excluding carboxylic acids is 1. The Morgan fingerprint density at radius 3 is 2.60 bits per heavy atom. The van der Waals surface area contributed by atoms with Gasteiger partial charge in [-0.3, -0.25) is 4.79 Å². The molecule has 0 bridgehead atoms. The van der Waals surface area contributed by atoms with Gasteiger partial charge in [-0.15, -0.1) is 0 Å². The molecule has 30 heavy (non-hydrogen) atoms. The van der Waals surface area contributed by atoms with Crippen molar-refractivity contribution < 1.29 is 14.3 Å². The topological polar surface area (TPSA) is 51.1 Å². The lowest BCUT2D eigenvalue weighted by Gasteiger charge is -2.14. The predicted molar refractivity (Wildman–Crippen MR) is 130 cm³/mol. The Labute approximate surface area is 191 Å². The molecule has 5 nitrogen and oxygen atoms in total. The summed E-state index contributed by atoms with van der Waals surface area (Å²) < 4.78 is 12.5. The van der Waals surface area contributed by atoms with Gasteiger partial charge in [0, 0.05) is 0 Å². The van der Waals surface area contributed by atoms with Gasteiger partial charge in [0.05, 0.1) is 27.1 Å². The number of para-hydroxylation sites is 1. The lowest BCUT2D eigenvalue weighted by Crippen LogP contribution is -2.21. The lowest BCUT2D eigenvalue weighted by atomic mass is 10.0. The summed E-state index contributed by atoms with van der Waals surface area (Å²) in [6, 6.07) is 13.4. The minimum absolute atomic E-state index is 0.121. The highest BCUT2D eigenvalue weighted by Crippen LogP contribution is 2.36. The number of hydrazone groups is 1. The Morgan fingerprint density at radius 2 is 1.93 bits per heavy atom. The monoisotopic (exact) mass is 516 g/mol. The second-order valence-electron chi connectivity index (χ2n) is 6.67.